The Bertz CT molecular complexity index is 117. The summed E-state index contributed by atoms with van der Waals surface area (Å²) < 4.78 is 11.0. The molecule has 2 atom stereocenters. The van der Waals surface area contributed by atoms with Crippen LogP contribution in [0.2, 0.25) is 0 Å². The third-order valence-electron chi connectivity index (χ3n) is 2.49. The Morgan fingerprint density at radius 3 is 2.92 bits per heavy atom. The number of ether oxygens (including phenoxy) is 2. The zero-order chi connectivity index (χ0) is 9.52. The Kier molecular flexibility index (Phi) is 5.35. The van der Waals surface area contributed by atoms with E-state index in [0.29, 0.717) is 6.61 Å². The third-order valence-corrected chi connectivity index (χ3v) is 2.49. The first-order valence-corrected chi connectivity index (χ1v) is 5.21. The molecule has 3 heteroatoms. The van der Waals surface area contributed by atoms with Crippen LogP contribution in [0.3, 0.4) is 0 Å². The number of aliphatic hydroxyl groups excluding tert-OH is 1. The van der Waals surface area contributed by atoms with Crippen molar-refractivity contribution in [2.24, 2.45) is 5.92 Å². The summed E-state index contributed by atoms with van der Waals surface area (Å²) in [7, 11) is 0. The molecule has 0 aliphatic carbocycles. The highest BCUT2D eigenvalue weighted by atomic mass is 16.7. The lowest BCUT2D eigenvalue weighted by Crippen LogP contribution is -2.25. The average molecular weight is 188 g/mol. The highest BCUT2D eigenvalue weighted by molar-refractivity contribution is 4.57. The molecule has 78 valence electrons. The summed E-state index contributed by atoms with van der Waals surface area (Å²) in [5, 5.41) is 8.93. The van der Waals surface area contributed by atoms with Crippen LogP contribution in [0, 0.1) is 5.92 Å². The smallest absolute Gasteiger partial charge is 0.157 e. The molecule has 1 N–H and O–H groups in total. The lowest BCUT2D eigenvalue weighted by molar-refractivity contribution is -0.170. The molecule has 13 heavy (non-hydrogen) atoms. The van der Waals surface area contributed by atoms with Gasteiger partial charge in [-0.2, -0.15) is 0 Å². The first-order valence-electron chi connectivity index (χ1n) is 5.21. The van der Waals surface area contributed by atoms with Gasteiger partial charge in [0.15, 0.2) is 6.29 Å². The van der Waals surface area contributed by atoms with Crippen molar-refractivity contribution in [1.29, 1.82) is 0 Å². The van der Waals surface area contributed by atoms with E-state index in [-0.39, 0.29) is 18.8 Å². The second-order valence-corrected chi connectivity index (χ2v) is 3.59. The Morgan fingerprint density at radius 1 is 1.54 bits per heavy atom. The maximum absolute atomic E-state index is 8.93. The van der Waals surface area contributed by atoms with Crippen LogP contribution in [0.15, 0.2) is 0 Å². The lowest BCUT2D eigenvalue weighted by Gasteiger charge is -2.24. The second-order valence-electron chi connectivity index (χ2n) is 3.59. The molecule has 1 heterocycles. The molecule has 3 nitrogen and oxygen atoms in total. The van der Waals surface area contributed by atoms with Gasteiger partial charge in [0, 0.05) is 19.1 Å². The predicted octanol–water partition coefficient (Wildman–Crippen LogP) is 1.55. The summed E-state index contributed by atoms with van der Waals surface area (Å²) in [6, 6.07) is 0. The molecule has 1 fully saturated rings. The summed E-state index contributed by atoms with van der Waals surface area (Å²) in [5.74, 6) is 0.269. The van der Waals surface area contributed by atoms with E-state index in [9.17, 15) is 0 Å². The first kappa shape index (κ1) is 11.0. The van der Waals surface area contributed by atoms with Gasteiger partial charge in [0.25, 0.3) is 0 Å². The summed E-state index contributed by atoms with van der Waals surface area (Å²) in [5.41, 5.74) is 0. The van der Waals surface area contributed by atoms with Crippen molar-refractivity contribution in [2.75, 3.05) is 19.8 Å². The van der Waals surface area contributed by atoms with Crippen LogP contribution in [0.4, 0.5) is 0 Å². The molecule has 0 bridgehead atoms. The highest BCUT2D eigenvalue weighted by Gasteiger charge is 2.15. The Hall–Kier alpha value is -0.120. The van der Waals surface area contributed by atoms with Gasteiger partial charge in [-0.05, 0) is 25.7 Å². The minimum Gasteiger partial charge on any atom is -0.396 e. The normalized spacial score (nSPS) is 25.8. The summed E-state index contributed by atoms with van der Waals surface area (Å²) in [4.78, 5) is 0. The average Bonchev–Trinajstić information content (AvgIpc) is 2.21. The van der Waals surface area contributed by atoms with Crippen molar-refractivity contribution >= 4 is 0 Å². The second kappa shape index (κ2) is 6.35. The fourth-order valence-electron chi connectivity index (χ4n) is 1.39. The molecule has 0 amide bonds. The van der Waals surface area contributed by atoms with Crippen molar-refractivity contribution in [2.45, 2.75) is 38.9 Å². The Morgan fingerprint density at radius 2 is 2.38 bits per heavy atom. The van der Waals surface area contributed by atoms with E-state index in [1.807, 2.05) is 0 Å². The van der Waals surface area contributed by atoms with Gasteiger partial charge in [-0.3, -0.25) is 0 Å². The van der Waals surface area contributed by atoms with Gasteiger partial charge in [-0.15, -0.1) is 0 Å². The monoisotopic (exact) mass is 188 g/mol. The summed E-state index contributed by atoms with van der Waals surface area (Å²) in [6.07, 6.45) is 4.29. The van der Waals surface area contributed by atoms with Gasteiger partial charge in [-0.25, -0.2) is 0 Å². The van der Waals surface area contributed by atoms with Gasteiger partial charge in [0.2, 0.25) is 0 Å². The number of aliphatic hydroxyl groups is 1. The van der Waals surface area contributed by atoms with E-state index < -0.39 is 0 Å². The lowest BCUT2D eigenvalue weighted by atomic mass is 10.1. The summed E-state index contributed by atoms with van der Waals surface area (Å²) in [6.45, 7) is 3.72. The zero-order valence-electron chi connectivity index (χ0n) is 8.37. The van der Waals surface area contributed by atoms with E-state index in [1.54, 1.807) is 0 Å². The van der Waals surface area contributed by atoms with Crippen molar-refractivity contribution in [3.63, 3.8) is 0 Å². The quantitative estimate of drug-likeness (QED) is 0.711. The molecule has 0 radical (unpaired) electrons. The molecule has 1 saturated heterocycles. The van der Waals surface area contributed by atoms with Gasteiger partial charge < -0.3 is 14.6 Å². The fourth-order valence-corrected chi connectivity index (χ4v) is 1.39. The van der Waals surface area contributed by atoms with E-state index in [0.717, 1.165) is 25.9 Å². The molecule has 1 rings (SSSR count). The molecule has 1 aliphatic heterocycles. The minimum absolute atomic E-state index is 0.0191. The highest BCUT2D eigenvalue weighted by Crippen LogP contribution is 2.15. The van der Waals surface area contributed by atoms with Crippen molar-refractivity contribution < 1.29 is 14.6 Å². The Labute approximate surface area is 80.0 Å². The summed E-state index contributed by atoms with van der Waals surface area (Å²) >= 11 is 0. The molecule has 0 spiro atoms. The van der Waals surface area contributed by atoms with Gasteiger partial charge in [-0.1, -0.05) is 6.92 Å². The molecule has 1 aliphatic rings. The topological polar surface area (TPSA) is 38.7 Å². The fraction of sp³-hybridized carbons (Fsp3) is 1.00. The SMILES string of the molecule is CC[C@H](CO)COC1CCCCO1. The molecular weight excluding hydrogens is 168 g/mol. The molecule has 0 saturated carbocycles. The molecule has 0 aromatic rings. The maximum Gasteiger partial charge on any atom is 0.157 e. The van der Waals surface area contributed by atoms with E-state index in [1.165, 1.54) is 6.42 Å². The molecule has 0 aromatic carbocycles. The number of hydrogen-bond acceptors (Lipinski definition) is 3. The predicted molar refractivity (Wildman–Crippen MR) is 50.4 cm³/mol. The number of hydrogen-bond donors (Lipinski definition) is 1. The minimum atomic E-state index is -0.0191. The van der Waals surface area contributed by atoms with Crippen molar-refractivity contribution in [3.8, 4) is 0 Å². The van der Waals surface area contributed by atoms with E-state index in [4.69, 9.17) is 14.6 Å². The molecule has 0 aromatic heterocycles. The Balaban J connectivity index is 2.09. The molecular formula is C10H20O3. The van der Waals surface area contributed by atoms with Crippen LogP contribution in [-0.2, 0) is 9.47 Å². The van der Waals surface area contributed by atoms with Gasteiger partial charge in [0.05, 0.1) is 6.61 Å². The van der Waals surface area contributed by atoms with Crippen LogP contribution in [-0.4, -0.2) is 31.2 Å². The van der Waals surface area contributed by atoms with Crippen molar-refractivity contribution in [3.05, 3.63) is 0 Å². The standard InChI is InChI=1S/C10H20O3/c1-2-9(7-11)8-13-10-5-3-4-6-12-10/h9-11H,2-8H2,1H3/t9-,10?/m1/s1. The van der Waals surface area contributed by atoms with Crippen LogP contribution >= 0.6 is 0 Å². The van der Waals surface area contributed by atoms with Crippen LogP contribution in [0.1, 0.15) is 32.6 Å². The largest absolute Gasteiger partial charge is 0.396 e. The van der Waals surface area contributed by atoms with Gasteiger partial charge >= 0.3 is 0 Å². The van der Waals surface area contributed by atoms with E-state index >= 15 is 0 Å². The van der Waals surface area contributed by atoms with E-state index in [2.05, 4.69) is 6.92 Å². The van der Waals surface area contributed by atoms with Crippen LogP contribution < -0.4 is 0 Å². The third kappa shape index (κ3) is 4.07. The van der Waals surface area contributed by atoms with Crippen LogP contribution in [0.5, 0.6) is 0 Å². The van der Waals surface area contributed by atoms with Crippen molar-refractivity contribution in [1.82, 2.24) is 0 Å². The maximum atomic E-state index is 8.93. The number of rotatable bonds is 5. The molecule has 1 unspecified atom stereocenters. The zero-order valence-corrected chi connectivity index (χ0v) is 8.37. The van der Waals surface area contributed by atoms with Crippen LogP contribution in [0.25, 0.3) is 0 Å². The first-order chi connectivity index (χ1) is 6.36. The van der Waals surface area contributed by atoms with Gasteiger partial charge in [0.1, 0.15) is 0 Å².